The van der Waals surface area contributed by atoms with Gasteiger partial charge in [0.1, 0.15) is 5.82 Å². The quantitative estimate of drug-likeness (QED) is 0.339. The second-order valence-corrected chi connectivity index (χ2v) is 9.73. The molecule has 2 aromatic rings. The number of rotatable bonds is 12. The van der Waals surface area contributed by atoms with Gasteiger partial charge < -0.3 is 15.4 Å². The molecule has 0 bridgehead atoms. The van der Waals surface area contributed by atoms with Crippen LogP contribution in [-0.2, 0) is 4.79 Å². The maximum Gasteiger partial charge on any atom is 0.223 e. The van der Waals surface area contributed by atoms with Crippen molar-refractivity contribution in [2.45, 2.75) is 78.4 Å². The summed E-state index contributed by atoms with van der Waals surface area (Å²) in [6, 6.07) is 6.21. The number of amides is 1. The molecule has 0 aliphatic heterocycles. The van der Waals surface area contributed by atoms with Crippen LogP contribution in [0.3, 0.4) is 0 Å². The zero-order valence-corrected chi connectivity index (χ0v) is 20.8. The third kappa shape index (κ3) is 5.84. The van der Waals surface area contributed by atoms with Crippen LogP contribution < -0.4 is 5.32 Å². The number of aliphatic imine (C=N–C) groups is 1. The van der Waals surface area contributed by atoms with E-state index < -0.39 is 12.1 Å². The second-order valence-electron chi connectivity index (χ2n) is 9.73. The van der Waals surface area contributed by atoms with Crippen LogP contribution in [0.1, 0.15) is 80.9 Å². The number of aryl methyl sites for hydroxylation is 2. The number of hydrogen-bond acceptors (Lipinski definition) is 3. The number of aliphatic hydroxyl groups excluding tert-OH is 1. The maximum absolute atomic E-state index is 14.0. The van der Waals surface area contributed by atoms with E-state index in [-0.39, 0.29) is 23.1 Å². The lowest BCUT2D eigenvalue weighted by atomic mass is 9.80. The number of aromatic nitrogens is 1. The first-order valence-electron chi connectivity index (χ1n) is 12.3. The van der Waals surface area contributed by atoms with Crippen LogP contribution in [0, 0.1) is 31.0 Å². The molecule has 1 heterocycles. The SMILES string of the molecule is C=CN=C(CCC1([C@H](CCC)C(=O)NC(C)[C@@H](O)c2ccc(C)c(F)c2)CC1)c1cc[nH]c1C. The Balaban J connectivity index is 1.69. The van der Waals surface area contributed by atoms with E-state index in [1.54, 1.807) is 32.2 Å². The summed E-state index contributed by atoms with van der Waals surface area (Å²) >= 11 is 0. The van der Waals surface area contributed by atoms with Gasteiger partial charge in [-0.25, -0.2) is 4.39 Å². The Kier molecular flexibility index (Phi) is 8.47. The fraction of sp³-hybridized carbons (Fsp3) is 0.500. The third-order valence-corrected chi connectivity index (χ3v) is 7.28. The molecule has 1 aliphatic carbocycles. The van der Waals surface area contributed by atoms with Crippen molar-refractivity contribution in [3.05, 3.63) is 71.4 Å². The van der Waals surface area contributed by atoms with Gasteiger partial charge in [0.05, 0.1) is 12.1 Å². The molecule has 34 heavy (non-hydrogen) atoms. The van der Waals surface area contributed by atoms with Gasteiger partial charge in [0.2, 0.25) is 5.91 Å². The molecule has 3 rings (SSSR count). The molecule has 1 aromatic heterocycles. The monoisotopic (exact) mass is 467 g/mol. The van der Waals surface area contributed by atoms with Crippen molar-refractivity contribution in [3.8, 4) is 0 Å². The molecule has 5 nitrogen and oxygen atoms in total. The normalized spacial score (nSPS) is 17.6. The lowest BCUT2D eigenvalue weighted by Gasteiger charge is -2.29. The summed E-state index contributed by atoms with van der Waals surface area (Å²) in [5, 5.41) is 13.8. The Morgan fingerprint density at radius 2 is 2.09 bits per heavy atom. The largest absolute Gasteiger partial charge is 0.386 e. The molecule has 1 saturated carbocycles. The van der Waals surface area contributed by atoms with E-state index in [4.69, 9.17) is 0 Å². The number of H-pyrrole nitrogens is 1. The molecule has 3 atom stereocenters. The minimum Gasteiger partial charge on any atom is -0.386 e. The zero-order valence-electron chi connectivity index (χ0n) is 20.8. The van der Waals surface area contributed by atoms with Crippen LogP contribution >= 0.6 is 0 Å². The van der Waals surface area contributed by atoms with E-state index in [1.807, 2.05) is 19.2 Å². The summed E-state index contributed by atoms with van der Waals surface area (Å²) in [6.45, 7) is 11.3. The zero-order chi connectivity index (χ0) is 24.9. The number of hydrogen-bond donors (Lipinski definition) is 3. The predicted molar refractivity (Wildman–Crippen MR) is 135 cm³/mol. The number of nitrogens with one attached hydrogen (secondary N) is 2. The Morgan fingerprint density at radius 1 is 1.35 bits per heavy atom. The van der Waals surface area contributed by atoms with Gasteiger partial charge in [-0.1, -0.05) is 32.1 Å². The van der Waals surface area contributed by atoms with Gasteiger partial charge in [-0.05, 0) is 81.5 Å². The Morgan fingerprint density at radius 3 is 2.65 bits per heavy atom. The van der Waals surface area contributed by atoms with Crippen molar-refractivity contribution in [2.24, 2.45) is 16.3 Å². The van der Waals surface area contributed by atoms with Crippen molar-refractivity contribution in [1.29, 1.82) is 0 Å². The molecule has 3 N–H and O–H groups in total. The first-order chi connectivity index (χ1) is 16.2. The van der Waals surface area contributed by atoms with Crippen LogP contribution in [0.15, 0.2) is 48.2 Å². The van der Waals surface area contributed by atoms with E-state index >= 15 is 0 Å². The number of carbonyl (C=O) groups is 1. The molecule has 0 radical (unpaired) electrons. The number of aromatic amines is 1. The van der Waals surface area contributed by atoms with Gasteiger partial charge in [-0.2, -0.15) is 0 Å². The fourth-order valence-corrected chi connectivity index (χ4v) is 4.93. The second kappa shape index (κ2) is 11.1. The highest BCUT2D eigenvalue weighted by Crippen LogP contribution is 2.57. The van der Waals surface area contributed by atoms with Crippen molar-refractivity contribution < 1.29 is 14.3 Å². The predicted octanol–water partition coefficient (Wildman–Crippen LogP) is 5.92. The number of aliphatic hydroxyl groups is 1. The van der Waals surface area contributed by atoms with E-state index in [2.05, 4.69) is 28.8 Å². The highest BCUT2D eigenvalue weighted by Gasteiger charge is 2.51. The van der Waals surface area contributed by atoms with Crippen LogP contribution in [0.2, 0.25) is 0 Å². The number of halogens is 1. The lowest BCUT2D eigenvalue weighted by molar-refractivity contribution is -0.129. The molecule has 1 unspecified atom stereocenters. The summed E-state index contributed by atoms with van der Waals surface area (Å²) in [7, 11) is 0. The summed E-state index contributed by atoms with van der Waals surface area (Å²) in [5.41, 5.74) is 4.10. The van der Waals surface area contributed by atoms with Crippen molar-refractivity contribution in [1.82, 2.24) is 10.3 Å². The average molecular weight is 468 g/mol. The van der Waals surface area contributed by atoms with Crippen LogP contribution in [-0.4, -0.2) is 27.8 Å². The van der Waals surface area contributed by atoms with Crippen LogP contribution in [0.5, 0.6) is 0 Å². The molecule has 1 amide bonds. The standard InChI is InChI=1S/C28H38FN3O2/c1-6-8-23(27(34)32-20(5)26(33)21-10-9-18(3)24(29)17-21)28(14-15-28)13-11-25(30-7-2)22-12-16-31-19(22)4/h7,9-10,12,16-17,20,23,26,31,33H,2,6,8,11,13-15H2,1,3-5H3,(H,32,34)/t20?,23-,26-/m1/s1. The summed E-state index contributed by atoms with van der Waals surface area (Å²) < 4.78 is 14.0. The molecule has 184 valence electrons. The van der Waals surface area contributed by atoms with E-state index in [9.17, 15) is 14.3 Å². The minimum atomic E-state index is -0.973. The van der Waals surface area contributed by atoms with Gasteiger partial charge in [0.25, 0.3) is 0 Å². The molecular weight excluding hydrogens is 429 g/mol. The number of benzene rings is 1. The maximum atomic E-state index is 14.0. The highest BCUT2D eigenvalue weighted by molar-refractivity contribution is 6.02. The third-order valence-electron chi connectivity index (χ3n) is 7.28. The fourth-order valence-electron chi connectivity index (χ4n) is 4.93. The summed E-state index contributed by atoms with van der Waals surface area (Å²) in [6.07, 6.45) is 7.90. The Bertz CT molecular complexity index is 1040. The van der Waals surface area contributed by atoms with Crippen molar-refractivity contribution >= 4 is 11.6 Å². The Labute approximate surface area is 202 Å². The summed E-state index contributed by atoms with van der Waals surface area (Å²) in [5.74, 6) is -0.511. The van der Waals surface area contributed by atoms with Crippen molar-refractivity contribution in [2.75, 3.05) is 0 Å². The molecule has 0 saturated heterocycles. The smallest absolute Gasteiger partial charge is 0.223 e. The lowest BCUT2D eigenvalue weighted by Crippen LogP contribution is -2.43. The number of nitrogens with zero attached hydrogens (tertiary/aromatic N) is 1. The van der Waals surface area contributed by atoms with Crippen LogP contribution in [0.25, 0.3) is 0 Å². The molecule has 1 aromatic carbocycles. The first-order valence-corrected chi connectivity index (χ1v) is 12.3. The molecule has 6 heteroatoms. The van der Waals surface area contributed by atoms with Gasteiger partial charge in [0, 0.05) is 35.3 Å². The van der Waals surface area contributed by atoms with E-state index in [1.165, 1.54) is 6.07 Å². The van der Waals surface area contributed by atoms with Crippen molar-refractivity contribution in [3.63, 3.8) is 0 Å². The van der Waals surface area contributed by atoms with Gasteiger partial charge in [-0.3, -0.25) is 9.79 Å². The first kappa shape index (κ1) is 25.9. The van der Waals surface area contributed by atoms with Crippen LogP contribution in [0.4, 0.5) is 4.39 Å². The van der Waals surface area contributed by atoms with E-state index in [0.29, 0.717) is 11.1 Å². The molecular formula is C28H38FN3O2. The van der Waals surface area contributed by atoms with Gasteiger partial charge in [0.15, 0.2) is 0 Å². The molecule has 1 aliphatic rings. The molecule has 0 spiro atoms. The summed E-state index contributed by atoms with van der Waals surface area (Å²) in [4.78, 5) is 21.1. The average Bonchev–Trinajstić information content (AvgIpc) is 3.48. The highest BCUT2D eigenvalue weighted by atomic mass is 19.1. The minimum absolute atomic E-state index is 0.0291. The van der Waals surface area contributed by atoms with E-state index in [0.717, 1.165) is 55.5 Å². The topological polar surface area (TPSA) is 77.5 Å². The van der Waals surface area contributed by atoms with Gasteiger partial charge >= 0.3 is 0 Å². The number of carbonyl (C=O) groups excluding carboxylic acids is 1. The Hall–Kier alpha value is -2.73. The van der Waals surface area contributed by atoms with Gasteiger partial charge in [-0.15, -0.1) is 0 Å². The molecule has 1 fully saturated rings.